The average Bonchev–Trinajstić information content (AvgIpc) is 3.19. The highest BCUT2D eigenvalue weighted by molar-refractivity contribution is 6.04. The molecule has 4 rings (SSSR count). The summed E-state index contributed by atoms with van der Waals surface area (Å²) in [6, 6.07) is 15.5. The molecule has 0 aliphatic heterocycles. The van der Waals surface area contributed by atoms with Gasteiger partial charge in [0.2, 0.25) is 0 Å². The molecule has 2 N–H and O–H groups in total. The van der Waals surface area contributed by atoms with Crippen LogP contribution in [0.2, 0.25) is 0 Å². The Bertz CT molecular complexity index is 1200. The normalized spacial score (nSPS) is 10.8. The van der Waals surface area contributed by atoms with E-state index >= 15 is 0 Å². The Hall–Kier alpha value is -3.94. The molecule has 2 aromatic carbocycles. The zero-order valence-corrected chi connectivity index (χ0v) is 14.6. The Balaban J connectivity index is 1.74. The summed E-state index contributed by atoms with van der Waals surface area (Å²) < 4.78 is 20.4. The van der Waals surface area contributed by atoms with Gasteiger partial charge in [0, 0.05) is 5.39 Å². The third-order valence-electron chi connectivity index (χ3n) is 4.12. The van der Waals surface area contributed by atoms with Crippen molar-refractivity contribution in [3.05, 3.63) is 89.0 Å². The van der Waals surface area contributed by atoms with Gasteiger partial charge in [-0.3, -0.25) is 9.88 Å². The third kappa shape index (κ3) is 3.48. The minimum absolute atomic E-state index is 0.0262. The summed E-state index contributed by atoms with van der Waals surface area (Å²) in [5.74, 6) is 0.197. The van der Waals surface area contributed by atoms with Crippen LogP contribution in [-0.4, -0.2) is 15.6 Å². The van der Waals surface area contributed by atoms with Crippen molar-refractivity contribution in [2.24, 2.45) is 0 Å². The van der Waals surface area contributed by atoms with Gasteiger partial charge in [0.1, 0.15) is 17.4 Å². The molecular formula is C20H15FN4O3. The molecule has 0 fully saturated rings. The molecule has 4 aromatic rings. The Morgan fingerprint density at radius 3 is 2.61 bits per heavy atom. The van der Waals surface area contributed by atoms with Gasteiger partial charge in [-0.15, -0.1) is 0 Å². The van der Waals surface area contributed by atoms with E-state index in [1.54, 1.807) is 42.5 Å². The van der Waals surface area contributed by atoms with Crippen LogP contribution < -0.4 is 16.3 Å². The number of nitrogens with zero attached hydrogens (tertiary/aromatic N) is 2. The Morgan fingerprint density at radius 2 is 1.82 bits per heavy atom. The molecule has 0 spiro atoms. The van der Waals surface area contributed by atoms with Crippen molar-refractivity contribution >= 4 is 28.4 Å². The lowest BCUT2D eigenvalue weighted by molar-refractivity contribution is 0.262. The lowest BCUT2D eigenvalue weighted by Gasteiger charge is -2.15. The fraction of sp³-hybridized carbons (Fsp3) is 0.0500. The average molecular weight is 378 g/mol. The molecule has 2 aromatic heterocycles. The molecule has 0 saturated heterocycles. The number of benzene rings is 2. The van der Waals surface area contributed by atoms with Crippen LogP contribution in [0.15, 0.2) is 76.1 Å². The quantitative estimate of drug-likeness (QED) is 0.565. The molecule has 0 atom stereocenters. The molecule has 140 valence electrons. The number of carbonyl (C=O) groups is 1. The summed E-state index contributed by atoms with van der Waals surface area (Å²) in [5.41, 5.74) is -0.0843. The number of aromatic nitrogens is 2. The highest BCUT2D eigenvalue weighted by Crippen LogP contribution is 2.22. The maximum absolute atomic E-state index is 13.8. The zero-order valence-electron chi connectivity index (χ0n) is 14.6. The van der Waals surface area contributed by atoms with Crippen LogP contribution in [0.5, 0.6) is 0 Å². The lowest BCUT2D eigenvalue weighted by atomic mass is 10.2. The minimum atomic E-state index is -0.686. The highest BCUT2D eigenvalue weighted by atomic mass is 19.1. The molecule has 0 aliphatic rings. The second-order valence-corrected chi connectivity index (χ2v) is 5.98. The van der Waals surface area contributed by atoms with Gasteiger partial charge in [-0.2, -0.15) is 4.98 Å². The molecule has 2 heterocycles. The summed E-state index contributed by atoms with van der Waals surface area (Å²) in [6.07, 6.45) is 1.49. The summed E-state index contributed by atoms with van der Waals surface area (Å²) in [6.45, 7) is 0.0823. The lowest BCUT2D eigenvalue weighted by Crippen LogP contribution is -2.30. The van der Waals surface area contributed by atoms with Crippen molar-refractivity contribution in [1.82, 2.24) is 9.55 Å². The predicted molar refractivity (Wildman–Crippen MR) is 103 cm³/mol. The number of amides is 2. The Labute approximate surface area is 158 Å². The van der Waals surface area contributed by atoms with Gasteiger partial charge in [0.15, 0.2) is 0 Å². The van der Waals surface area contributed by atoms with E-state index in [2.05, 4.69) is 15.6 Å². The number of furan rings is 1. The number of rotatable bonds is 4. The van der Waals surface area contributed by atoms with Gasteiger partial charge < -0.3 is 9.73 Å². The highest BCUT2D eigenvalue weighted by Gasteiger charge is 2.16. The van der Waals surface area contributed by atoms with Crippen LogP contribution >= 0.6 is 0 Å². The molecule has 28 heavy (non-hydrogen) atoms. The zero-order chi connectivity index (χ0) is 19.5. The van der Waals surface area contributed by atoms with Gasteiger partial charge in [0.05, 0.1) is 24.0 Å². The van der Waals surface area contributed by atoms with Gasteiger partial charge in [-0.05, 0) is 36.4 Å². The maximum Gasteiger partial charge on any atom is 0.350 e. The third-order valence-corrected chi connectivity index (χ3v) is 4.12. The van der Waals surface area contributed by atoms with E-state index in [4.69, 9.17) is 4.42 Å². The fourth-order valence-electron chi connectivity index (χ4n) is 2.84. The van der Waals surface area contributed by atoms with Crippen molar-refractivity contribution in [3.8, 4) is 0 Å². The topological polar surface area (TPSA) is 89.2 Å². The van der Waals surface area contributed by atoms with E-state index in [-0.39, 0.29) is 18.1 Å². The SMILES string of the molecule is O=C(Nc1ccccc1F)Nc1c2ccccc2nc(=O)n1Cc1ccco1. The molecule has 0 saturated carbocycles. The number of anilines is 2. The number of urea groups is 1. The molecule has 0 radical (unpaired) electrons. The van der Waals surface area contributed by atoms with E-state index in [9.17, 15) is 14.0 Å². The van der Waals surface area contributed by atoms with Crippen LogP contribution in [0.25, 0.3) is 10.9 Å². The summed E-state index contributed by atoms with van der Waals surface area (Å²) in [5, 5.41) is 5.66. The minimum Gasteiger partial charge on any atom is -0.467 e. The van der Waals surface area contributed by atoms with Crippen molar-refractivity contribution in [3.63, 3.8) is 0 Å². The molecule has 7 nitrogen and oxygen atoms in total. The van der Waals surface area contributed by atoms with Gasteiger partial charge in [-0.1, -0.05) is 24.3 Å². The second kappa shape index (κ2) is 7.36. The van der Waals surface area contributed by atoms with Gasteiger partial charge in [-0.25, -0.2) is 14.0 Å². The van der Waals surface area contributed by atoms with E-state index in [1.165, 1.54) is 29.0 Å². The van der Waals surface area contributed by atoms with Crippen molar-refractivity contribution in [2.75, 3.05) is 10.6 Å². The van der Waals surface area contributed by atoms with Crippen molar-refractivity contribution in [2.45, 2.75) is 6.54 Å². The summed E-state index contributed by atoms with van der Waals surface area (Å²) >= 11 is 0. The van der Waals surface area contributed by atoms with Crippen molar-refractivity contribution < 1.29 is 13.6 Å². The molecule has 2 amide bonds. The molecule has 0 aliphatic carbocycles. The van der Waals surface area contributed by atoms with Crippen LogP contribution in [0.1, 0.15) is 5.76 Å². The first-order valence-corrected chi connectivity index (χ1v) is 8.46. The first kappa shape index (κ1) is 17.5. The van der Waals surface area contributed by atoms with Gasteiger partial charge in [0.25, 0.3) is 0 Å². The van der Waals surface area contributed by atoms with Gasteiger partial charge >= 0.3 is 11.7 Å². The van der Waals surface area contributed by atoms with Crippen LogP contribution in [0.3, 0.4) is 0 Å². The molecule has 0 unspecified atom stereocenters. The van der Waals surface area contributed by atoms with Crippen LogP contribution in [0, 0.1) is 5.82 Å². The van der Waals surface area contributed by atoms with E-state index in [1.807, 2.05) is 0 Å². The Morgan fingerprint density at radius 1 is 1.04 bits per heavy atom. The first-order valence-electron chi connectivity index (χ1n) is 8.46. The number of hydrogen-bond acceptors (Lipinski definition) is 4. The summed E-state index contributed by atoms with van der Waals surface area (Å²) in [7, 11) is 0. The van der Waals surface area contributed by atoms with Crippen LogP contribution in [0.4, 0.5) is 20.7 Å². The summed E-state index contributed by atoms with van der Waals surface area (Å²) in [4.78, 5) is 29.1. The standard InChI is InChI=1S/C20H15FN4O3/c21-15-8-2-4-10-17(15)22-19(26)24-18-14-7-1-3-9-16(14)23-20(27)25(18)12-13-6-5-11-28-13/h1-11H,12H2,(H2,22,24,26). The maximum atomic E-state index is 13.8. The van der Waals surface area contributed by atoms with E-state index in [0.29, 0.717) is 16.7 Å². The first-order chi connectivity index (χ1) is 13.6. The van der Waals surface area contributed by atoms with Crippen molar-refractivity contribution in [1.29, 1.82) is 0 Å². The number of carbonyl (C=O) groups excluding carboxylic acids is 1. The molecular weight excluding hydrogens is 363 g/mol. The molecule has 0 bridgehead atoms. The van der Waals surface area contributed by atoms with E-state index in [0.717, 1.165) is 0 Å². The number of hydrogen-bond donors (Lipinski definition) is 2. The number of halogens is 1. The number of nitrogens with one attached hydrogen (secondary N) is 2. The number of para-hydroxylation sites is 2. The number of fused-ring (bicyclic) bond motifs is 1. The largest absolute Gasteiger partial charge is 0.467 e. The molecule has 8 heteroatoms. The smallest absolute Gasteiger partial charge is 0.350 e. The second-order valence-electron chi connectivity index (χ2n) is 5.98. The Kier molecular flexibility index (Phi) is 4.59. The monoisotopic (exact) mass is 378 g/mol. The fourth-order valence-corrected chi connectivity index (χ4v) is 2.84. The van der Waals surface area contributed by atoms with Crippen LogP contribution in [-0.2, 0) is 6.54 Å². The predicted octanol–water partition coefficient (Wildman–Crippen LogP) is 3.82. The van der Waals surface area contributed by atoms with E-state index < -0.39 is 17.5 Å².